The van der Waals surface area contributed by atoms with Gasteiger partial charge >= 0.3 is 0 Å². The molecule has 0 aliphatic rings. The van der Waals surface area contributed by atoms with Crippen LogP contribution in [-0.4, -0.2) is 22.6 Å². The Bertz CT molecular complexity index is 1200. The predicted molar refractivity (Wildman–Crippen MR) is 163 cm³/mol. The van der Waals surface area contributed by atoms with E-state index >= 15 is 0 Å². The van der Waals surface area contributed by atoms with E-state index < -0.39 is 0 Å². The fourth-order valence-electron chi connectivity index (χ4n) is 4.56. The second-order valence-electron chi connectivity index (χ2n) is 12.2. The minimum atomic E-state index is -0.159. The monoisotopic (exact) mass is 512 g/mol. The Morgan fingerprint density at radius 3 is 1.24 bits per heavy atom. The van der Waals surface area contributed by atoms with Crippen molar-refractivity contribution in [1.29, 1.82) is 0 Å². The molecule has 0 saturated carbocycles. The van der Waals surface area contributed by atoms with Gasteiger partial charge in [-0.15, -0.1) is 0 Å². The van der Waals surface area contributed by atoms with E-state index in [2.05, 4.69) is 77.5 Å². The third-order valence-corrected chi connectivity index (χ3v) is 6.65. The molecule has 0 radical (unpaired) electrons. The summed E-state index contributed by atoms with van der Waals surface area (Å²) in [5.41, 5.74) is 7.02. The van der Waals surface area contributed by atoms with Crippen molar-refractivity contribution in [2.45, 2.75) is 91.9 Å². The molecule has 0 aliphatic carbocycles. The normalized spacial score (nSPS) is 12.6. The number of aromatic hydroxyl groups is 2. The lowest BCUT2D eigenvalue weighted by molar-refractivity contribution is 0.444. The zero-order valence-electron chi connectivity index (χ0n) is 24.4. The van der Waals surface area contributed by atoms with E-state index in [4.69, 9.17) is 0 Å². The quantitative estimate of drug-likeness (QED) is 0.296. The van der Waals surface area contributed by atoms with Crippen LogP contribution in [0.4, 0.5) is 11.4 Å². The smallest absolute Gasteiger partial charge is 0.128 e. The second-order valence-corrected chi connectivity index (χ2v) is 12.2. The Morgan fingerprint density at radius 1 is 0.605 bits per heavy atom. The van der Waals surface area contributed by atoms with Crippen LogP contribution in [0, 0.1) is 0 Å². The maximum atomic E-state index is 10.9. The highest BCUT2D eigenvalue weighted by Gasteiger charge is 2.22. The van der Waals surface area contributed by atoms with Gasteiger partial charge in [0.1, 0.15) is 11.5 Å². The molecule has 4 nitrogen and oxygen atoms in total. The van der Waals surface area contributed by atoms with Crippen molar-refractivity contribution in [2.75, 3.05) is 0 Å². The summed E-state index contributed by atoms with van der Waals surface area (Å²) in [6, 6.07) is 15.9. The Labute approximate surface area is 229 Å². The molecule has 202 valence electrons. The van der Waals surface area contributed by atoms with E-state index in [9.17, 15) is 10.2 Å². The van der Waals surface area contributed by atoms with E-state index in [1.165, 1.54) is 11.1 Å². The van der Waals surface area contributed by atoms with E-state index in [1.54, 1.807) is 12.4 Å². The molecule has 0 atom stereocenters. The number of hydrogen-bond acceptors (Lipinski definition) is 4. The van der Waals surface area contributed by atoms with Gasteiger partial charge in [0.15, 0.2) is 0 Å². The summed E-state index contributed by atoms with van der Waals surface area (Å²) in [4.78, 5) is 9.26. The maximum absolute atomic E-state index is 10.9. The lowest BCUT2D eigenvalue weighted by Gasteiger charge is -2.22. The lowest BCUT2D eigenvalue weighted by atomic mass is 9.83. The van der Waals surface area contributed by atoms with Gasteiger partial charge in [-0.3, -0.25) is 9.98 Å². The number of phenolic OH excluding ortho intramolecular Hbond substituents is 2. The first kappa shape index (κ1) is 29.2. The van der Waals surface area contributed by atoms with Crippen LogP contribution >= 0.6 is 0 Å². The minimum Gasteiger partial charge on any atom is -0.507 e. The topological polar surface area (TPSA) is 65.2 Å². The van der Waals surface area contributed by atoms with Gasteiger partial charge in [-0.1, -0.05) is 80.4 Å². The molecule has 0 aromatic heterocycles. The summed E-state index contributed by atoms with van der Waals surface area (Å²) in [5, 5.41) is 21.9. The van der Waals surface area contributed by atoms with Crippen molar-refractivity contribution < 1.29 is 10.2 Å². The van der Waals surface area contributed by atoms with Gasteiger partial charge in [0.05, 0.1) is 11.4 Å². The van der Waals surface area contributed by atoms with Crippen molar-refractivity contribution in [2.24, 2.45) is 9.98 Å². The van der Waals surface area contributed by atoms with Crippen molar-refractivity contribution in [3.8, 4) is 11.5 Å². The number of phenols is 2. The van der Waals surface area contributed by atoms with Gasteiger partial charge in [-0.05, 0) is 71.2 Å². The van der Waals surface area contributed by atoms with Crippen LogP contribution in [0.25, 0.3) is 0 Å². The van der Waals surface area contributed by atoms with Crippen molar-refractivity contribution in [3.63, 3.8) is 0 Å². The Hall–Kier alpha value is -3.40. The zero-order valence-corrected chi connectivity index (χ0v) is 24.4. The highest BCUT2D eigenvalue weighted by atomic mass is 16.3. The molecule has 0 amide bonds. The molecule has 3 rings (SSSR count). The summed E-state index contributed by atoms with van der Waals surface area (Å²) in [6.45, 7) is 17.0. The number of benzene rings is 3. The standard InChI is InChI=1S/C34H44N2O2/c1-9-11-23-17-25(31(37)29(19-23)33(3,4)5)21-35-27-13-15-28(16-14-27)36-22-26-18-24(12-10-2)20-30(32(26)38)34(6,7)8/h13-22,37-38H,9-12H2,1-8H3. The first-order valence-electron chi connectivity index (χ1n) is 13.7. The van der Waals surface area contributed by atoms with Gasteiger partial charge in [-0.25, -0.2) is 0 Å². The molecule has 3 aromatic carbocycles. The second kappa shape index (κ2) is 12.0. The van der Waals surface area contributed by atoms with Gasteiger partial charge < -0.3 is 10.2 Å². The first-order chi connectivity index (χ1) is 17.8. The molecule has 2 N–H and O–H groups in total. The molecule has 38 heavy (non-hydrogen) atoms. The van der Waals surface area contributed by atoms with Gasteiger partial charge in [0.25, 0.3) is 0 Å². The number of aryl methyl sites for hydroxylation is 2. The van der Waals surface area contributed by atoms with Crippen LogP contribution < -0.4 is 0 Å². The molecule has 0 bridgehead atoms. The average Bonchev–Trinajstić information content (AvgIpc) is 2.84. The molecule has 0 aliphatic heterocycles. The van der Waals surface area contributed by atoms with Crippen LogP contribution in [0.15, 0.2) is 58.5 Å². The molecule has 0 spiro atoms. The van der Waals surface area contributed by atoms with E-state index in [1.807, 2.05) is 36.4 Å². The van der Waals surface area contributed by atoms with Gasteiger partial charge in [0.2, 0.25) is 0 Å². The average molecular weight is 513 g/mol. The third kappa shape index (κ3) is 7.34. The number of nitrogens with zero attached hydrogens (tertiary/aromatic N) is 2. The minimum absolute atomic E-state index is 0.159. The van der Waals surface area contributed by atoms with Crippen LogP contribution in [0.2, 0.25) is 0 Å². The molecule has 0 saturated heterocycles. The molecule has 3 aromatic rings. The SMILES string of the molecule is CCCc1cc(C=Nc2ccc(N=Cc3cc(CCC)cc(C(C)(C)C)c3O)cc2)c(O)c(C(C)(C)C)c1. The van der Waals surface area contributed by atoms with E-state index in [-0.39, 0.29) is 10.8 Å². The molecule has 0 heterocycles. The Balaban J connectivity index is 1.86. The maximum Gasteiger partial charge on any atom is 0.128 e. The Kier molecular flexibility index (Phi) is 9.19. The number of hydrogen-bond donors (Lipinski definition) is 2. The van der Waals surface area contributed by atoms with Crippen molar-refractivity contribution in [3.05, 3.63) is 81.9 Å². The molecule has 4 heteroatoms. The highest BCUT2D eigenvalue weighted by molar-refractivity contribution is 5.88. The van der Waals surface area contributed by atoms with Crippen LogP contribution in [0.1, 0.15) is 102 Å². The summed E-state index contributed by atoms with van der Waals surface area (Å²) >= 11 is 0. The predicted octanol–water partition coefficient (Wildman–Crippen LogP) is 9.10. The summed E-state index contributed by atoms with van der Waals surface area (Å²) < 4.78 is 0. The van der Waals surface area contributed by atoms with Crippen LogP contribution in [0.3, 0.4) is 0 Å². The van der Waals surface area contributed by atoms with E-state index in [0.717, 1.165) is 59.3 Å². The summed E-state index contributed by atoms with van der Waals surface area (Å²) in [5.74, 6) is 0.587. The number of aliphatic imine (C=N–C) groups is 2. The molecular weight excluding hydrogens is 468 g/mol. The van der Waals surface area contributed by atoms with Crippen LogP contribution in [0.5, 0.6) is 11.5 Å². The van der Waals surface area contributed by atoms with E-state index in [0.29, 0.717) is 11.5 Å². The fraction of sp³-hybridized carbons (Fsp3) is 0.412. The third-order valence-electron chi connectivity index (χ3n) is 6.65. The fourth-order valence-corrected chi connectivity index (χ4v) is 4.56. The van der Waals surface area contributed by atoms with Crippen molar-refractivity contribution >= 4 is 23.8 Å². The molecular formula is C34H44N2O2. The first-order valence-corrected chi connectivity index (χ1v) is 13.7. The largest absolute Gasteiger partial charge is 0.507 e. The summed E-state index contributed by atoms with van der Waals surface area (Å²) in [7, 11) is 0. The lowest BCUT2D eigenvalue weighted by Crippen LogP contribution is -2.13. The number of rotatable bonds is 8. The van der Waals surface area contributed by atoms with Crippen LogP contribution in [-0.2, 0) is 23.7 Å². The van der Waals surface area contributed by atoms with Gasteiger partial charge in [-0.2, -0.15) is 0 Å². The van der Waals surface area contributed by atoms with Gasteiger partial charge in [0, 0.05) is 34.7 Å². The molecule has 0 unspecified atom stereocenters. The zero-order chi connectivity index (χ0) is 28.1. The Morgan fingerprint density at radius 2 is 0.947 bits per heavy atom. The molecule has 0 fully saturated rings. The summed E-state index contributed by atoms with van der Waals surface area (Å²) in [6.07, 6.45) is 7.51. The van der Waals surface area contributed by atoms with Crippen molar-refractivity contribution in [1.82, 2.24) is 0 Å². The highest BCUT2D eigenvalue weighted by Crippen LogP contribution is 2.36.